The van der Waals surface area contributed by atoms with E-state index in [0.717, 1.165) is 25.0 Å². The molecule has 3 rings (SSSR count). The molecule has 1 saturated carbocycles. The Bertz CT molecular complexity index is 1690. The van der Waals surface area contributed by atoms with Gasteiger partial charge in [0, 0.05) is 18.2 Å². The number of primary amides is 1. The second kappa shape index (κ2) is 19.4. The number of benzene rings is 1. The Kier molecular flexibility index (Phi) is 16.0. The molecule has 1 heterocycles. The van der Waals surface area contributed by atoms with Crippen molar-refractivity contribution in [1.29, 1.82) is 0 Å². The summed E-state index contributed by atoms with van der Waals surface area (Å²) in [5.41, 5.74) is -1.58. The van der Waals surface area contributed by atoms with E-state index in [-0.39, 0.29) is 25.0 Å². The average molecular weight is 829 g/mol. The van der Waals surface area contributed by atoms with E-state index in [0.29, 0.717) is 30.5 Å². The van der Waals surface area contributed by atoms with Gasteiger partial charge in [-0.05, 0) is 84.3 Å². The summed E-state index contributed by atoms with van der Waals surface area (Å²) in [5.74, 6) is -2.94. The predicted molar refractivity (Wildman–Crippen MR) is 202 cm³/mol. The van der Waals surface area contributed by atoms with Crippen LogP contribution in [0.3, 0.4) is 0 Å². The Labute approximate surface area is 331 Å². The third-order valence-corrected chi connectivity index (χ3v) is 11.1. The van der Waals surface area contributed by atoms with Crippen molar-refractivity contribution in [1.82, 2.24) is 15.5 Å². The molecule has 16 nitrogen and oxygen atoms in total. The lowest BCUT2D eigenvalue weighted by atomic mass is 9.98. The number of ether oxygens (including phenoxy) is 3. The van der Waals surface area contributed by atoms with E-state index in [9.17, 15) is 33.3 Å². The molecule has 0 unspecified atom stereocenters. The molecule has 0 bridgehead atoms. The Hall–Kier alpha value is -4.41. The molecule has 0 radical (unpaired) electrons. The van der Waals surface area contributed by atoms with E-state index in [1.807, 2.05) is 6.92 Å². The normalized spacial score (nSPS) is 18.9. The standard InChI is InChI=1S/C38H55F2N4O12P/c1-9-10-11-28(32(47)44-20-25-19-27(25)30(44)31(46)42-16-17-52-35(41)50)43-29(45)18-23(2)24-12-14-26(15-13-24)38(39,40)57(51,55-21-53-33(48)36(3,4)5)56-22-54-34(49)37(6,7)8/h12-15,18,25,27-28,30H,9-11,16-17,19-22H2,1-8H3,(H2,41,50)(H,42,46)(H,43,45)/b23-18+/t25-,27-,28+,30+/m1/s1. The molecule has 318 valence electrons. The van der Waals surface area contributed by atoms with E-state index in [2.05, 4.69) is 15.4 Å². The molecule has 57 heavy (non-hydrogen) atoms. The summed E-state index contributed by atoms with van der Waals surface area (Å²) in [7, 11) is -5.54. The summed E-state index contributed by atoms with van der Waals surface area (Å²) >= 11 is 0. The number of nitrogens with two attached hydrogens (primary N) is 1. The first-order valence-electron chi connectivity index (χ1n) is 18.6. The number of carbonyl (C=O) groups excluding carboxylic acids is 6. The summed E-state index contributed by atoms with van der Waals surface area (Å²) in [6, 6.07) is 2.70. The van der Waals surface area contributed by atoms with Crippen molar-refractivity contribution in [3.05, 3.63) is 41.5 Å². The Morgan fingerprint density at radius 1 is 0.947 bits per heavy atom. The summed E-state index contributed by atoms with van der Waals surface area (Å²) in [6.07, 6.45) is 2.65. The van der Waals surface area contributed by atoms with Crippen LogP contribution in [-0.2, 0) is 57.5 Å². The summed E-state index contributed by atoms with van der Waals surface area (Å²) in [4.78, 5) is 76.8. The Morgan fingerprint density at radius 2 is 1.51 bits per heavy atom. The van der Waals surface area contributed by atoms with Gasteiger partial charge in [-0.2, -0.15) is 8.78 Å². The third kappa shape index (κ3) is 12.8. The quantitative estimate of drug-likeness (QED) is 0.0410. The minimum absolute atomic E-state index is 0.0147. The van der Waals surface area contributed by atoms with Crippen molar-refractivity contribution in [3.8, 4) is 0 Å². The summed E-state index contributed by atoms with van der Waals surface area (Å²) < 4.78 is 69.8. The van der Waals surface area contributed by atoms with Crippen molar-refractivity contribution in [2.45, 2.75) is 98.8 Å². The lowest BCUT2D eigenvalue weighted by molar-refractivity contribution is -0.163. The molecule has 1 saturated heterocycles. The number of amides is 4. The van der Waals surface area contributed by atoms with Crippen LogP contribution in [0.2, 0.25) is 0 Å². The number of likely N-dealkylation sites (tertiary alicyclic amines) is 1. The predicted octanol–water partition coefficient (Wildman–Crippen LogP) is 5.19. The number of hydrogen-bond donors (Lipinski definition) is 3. The maximum absolute atomic E-state index is 16.0. The van der Waals surface area contributed by atoms with Gasteiger partial charge in [-0.15, -0.1) is 0 Å². The van der Waals surface area contributed by atoms with Crippen molar-refractivity contribution in [2.75, 3.05) is 33.3 Å². The molecule has 0 spiro atoms. The van der Waals surface area contributed by atoms with E-state index >= 15 is 8.78 Å². The number of rotatable bonds is 19. The maximum atomic E-state index is 16.0. The molecule has 2 fully saturated rings. The lowest BCUT2D eigenvalue weighted by Gasteiger charge is -2.30. The Balaban J connectivity index is 1.75. The molecule has 0 aromatic heterocycles. The molecule has 19 heteroatoms. The number of nitrogens with zero attached hydrogens (tertiary/aromatic N) is 1. The second-order valence-electron chi connectivity index (χ2n) is 16.1. The van der Waals surface area contributed by atoms with E-state index < -0.39 is 91.1 Å². The van der Waals surface area contributed by atoms with E-state index in [1.54, 1.807) is 6.92 Å². The highest BCUT2D eigenvalue weighted by Gasteiger charge is 2.58. The number of alkyl halides is 2. The number of hydrogen-bond acceptors (Lipinski definition) is 12. The first-order valence-corrected chi connectivity index (χ1v) is 20.2. The molecule has 1 aliphatic heterocycles. The van der Waals surface area contributed by atoms with Crippen LogP contribution in [0.25, 0.3) is 5.57 Å². The molecule has 4 atom stereocenters. The fourth-order valence-corrected chi connectivity index (χ4v) is 7.09. The number of nitrogens with one attached hydrogen (secondary N) is 2. The van der Waals surface area contributed by atoms with Gasteiger partial charge in [0.15, 0.2) is 0 Å². The third-order valence-electron chi connectivity index (χ3n) is 9.24. The second-order valence-corrected chi connectivity index (χ2v) is 18.1. The van der Waals surface area contributed by atoms with Crippen molar-refractivity contribution in [3.63, 3.8) is 0 Å². The minimum atomic E-state index is -5.54. The Morgan fingerprint density at radius 3 is 2.02 bits per heavy atom. The number of piperidine rings is 1. The fourth-order valence-electron chi connectivity index (χ4n) is 5.84. The van der Waals surface area contributed by atoms with Crippen LogP contribution >= 0.6 is 7.60 Å². The first-order chi connectivity index (χ1) is 26.4. The van der Waals surface area contributed by atoms with Crippen LogP contribution in [-0.4, -0.2) is 86.0 Å². The van der Waals surface area contributed by atoms with Crippen LogP contribution in [0.5, 0.6) is 0 Å². The van der Waals surface area contributed by atoms with Crippen LogP contribution in [0.4, 0.5) is 13.6 Å². The van der Waals surface area contributed by atoms with Crippen LogP contribution in [0.15, 0.2) is 30.3 Å². The number of unbranched alkanes of at least 4 members (excludes halogenated alkanes) is 1. The SMILES string of the molecule is CCCC[C@H](NC(=O)/C=C(\C)c1ccc(C(F)(F)P(=O)(OCOC(=O)C(C)(C)C)OCOC(=O)C(C)(C)C)cc1)C(=O)N1C[C@H]2C[C@H]2[C@H]1C(=O)NCCOC(N)=O. The van der Waals surface area contributed by atoms with Gasteiger partial charge in [-0.25, -0.2) is 4.79 Å². The fraction of sp³-hybridized carbons (Fsp3) is 0.632. The molecule has 4 N–H and O–H groups in total. The highest BCUT2D eigenvalue weighted by Crippen LogP contribution is 2.67. The van der Waals surface area contributed by atoms with Crippen molar-refractivity contribution in [2.24, 2.45) is 28.4 Å². The number of fused-ring (bicyclic) bond motifs is 1. The van der Waals surface area contributed by atoms with Crippen LogP contribution in [0, 0.1) is 22.7 Å². The highest BCUT2D eigenvalue weighted by atomic mass is 31.2. The summed E-state index contributed by atoms with van der Waals surface area (Å²) in [6.45, 7) is 10.5. The topological polar surface area (TPSA) is 219 Å². The van der Waals surface area contributed by atoms with Gasteiger partial charge >= 0.3 is 31.3 Å². The molecule has 4 amide bonds. The van der Waals surface area contributed by atoms with Gasteiger partial charge in [-0.1, -0.05) is 44.0 Å². The van der Waals surface area contributed by atoms with E-state index in [4.69, 9.17) is 24.3 Å². The van der Waals surface area contributed by atoms with E-state index in [1.165, 1.54) is 64.7 Å². The van der Waals surface area contributed by atoms with Gasteiger partial charge in [0.2, 0.25) is 31.3 Å². The zero-order valence-electron chi connectivity index (χ0n) is 33.7. The zero-order chi connectivity index (χ0) is 42.9. The first kappa shape index (κ1) is 47.0. The number of carbonyl (C=O) groups is 6. The van der Waals surface area contributed by atoms with Gasteiger partial charge in [0.05, 0.1) is 17.4 Å². The maximum Gasteiger partial charge on any atom is 0.410 e. The van der Waals surface area contributed by atoms with Gasteiger partial charge in [-0.3, -0.25) is 37.6 Å². The van der Waals surface area contributed by atoms with Crippen LogP contribution < -0.4 is 16.4 Å². The molecule has 1 aromatic rings. The number of allylic oxidation sites excluding steroid dienone is 1. The molecule has 2 aliphatic rings. The van der Waals surface area contributed by atoms with Crippen molar-refractivity contribution < 1.29 is 65.4 Å². The molecular weight excluding hydrogens is 773 g/mol. The monoisotopic (exact) mass is 828 g/mol. The lowest BCUT2D eigenvalue weighted by Crippen LogP contribution is -2.55. The van der Waals surface area contributed by atoms with Crippen molar-refractivity contribution >= 4 is 48.9 Å². The van der Waals surface area contributed by atoms with Gasteiger partial charge in [0.1, 0.15) is 18.7 Å². The largest absolute Gasteiger partial charge is 0.448 e. The van der Waals surface area contributed by atoms with Crippen LogP contribution in [0.1, 0.15) is 92.2 Å². The number of halogens is 2. The average Bonchev–Trinajstić information content (AvgIpc) is 3.78. The highest BCUT2D eigenvalue weighted by molar-refractivity contribution is 7.54. The molecular formula is C38H55F2N4O12P. The number of esters is 2. The molecule has 1 aliphatic carbocycles. The molecule has 1 aromatic carbocycles. The van der Waals surface area contributed by atoms with Gasteiger partial charge in [0.25, 0.3) is 0 Å². The smallest absolute Gasteiger partial charge is 0.410 e. The zero-order valence-corrected chi connectivity index (χ0v) is 34.6. The summed E-state index contributed by atoms with van der Waals surface area (Å²) in [5, 5.41) is 5.41. The minimum Gasteiger partial charge on any atom is -0.448 e. The van der Waals surface area contributed by atoms with Gasteiger partial charge < -0.3 is 35.5 Å².